The number of hydrogen-bond donors (Lipinski definition) is 0. The van der Waals surface area contributed by atoms with Gasteiger partial charge >= 0.3 is 11.9 Å². The average Bonchev–Trinajstić information content (AvgIpc) is 2.88. The van der Waals surface area contributed by atoms with E-state index in [1.165, 1.54) is 13.3 Å². The predicted molar refractivity (Wildman–Crippen MR) is 79.5 cm³/mol. The van der Waals surface area contributed by atoms with Crippen molar-refractivity contribution < 1.29 is 19.1 Å². The van der Waals surface area contributed by atoms with Crippen molar-refractivity contribution in [2.75, 3.05) is 6.61 Å². The van der Waals surface area contributed by atoms with E-state index in [0.29, 0.717) is 24.4 Å². The van der Waals surface area contributed by atoms with Gasteiger partial charge in [-0.15, -0.1) is 0 Å². The molecule has 2 fully saturated rings. The van der Waals surface area contributed by atoms with Gasteiger partial charge in [-0.2, -0.15) is 0 Å². The number of carbonyl (C=O) groups is 2. The summed E-state index contributed by atoms with van der Waals surface area (Å²) in [7, 11) is 0. The molecule has 0 spiro atoms. The molecule has 1 saturated heterocycles. The van der Waals surface area contributed by atoms with E-state index in [2.05, 4.69) is 13.8 Å². The van der Waals surface area contributed by atoms with E-state index >= 15 is 0 Å². The number of ether oxygens (including phenoxy) is 2. The summed E-state index contributed by atoms with van der Waals surface area (Å²) in [6.45, 7) is 6.35. The van der Waals surface area contributed by atoms with Crippen LogP contribution in [0.5, 0.6) is 0 Å². The van der Waals surface area contributed by atoms with Gasteiger partial charge in [0.05, 0.1) is 12.5 Å². The summed E-state index contributed by atoms with van der Waals surface area (Å²) < 4.78 is 10.8. The van der Waals surface area contributed by atoms with Crippen LogP contribution in [0, 0.1) is 23.7 Å². The van der Waals surface area contributed by atoms with Gasteiger partial charge in [-0.25, -0.2) is 0 Å². The quantitative estimate of drug-likeness (QED) is 0.730. The fourth-order valence-electron chi connectivity index (χ4n) is 4.14. The monoisotopic (exact) mass is 296 g/mol. The standard InChI is InChI=1S/C17H28O4/c1-4-12-9-13(5-2)15(10-12)16(21-11(3)18)14-7-6-8-20-17(14)19/h12-16H,4-10H2,1-3H3. The number of rotatable bonds is 5. The average molecular weight is 296 g/mol. The van der Waals surface area contributed by atoms with Crippen LogP contribution in [0.25, 0.3) is 0 Å². The zero-order chi connectivity index (χ0) is 15.4. The molecule has 120 valence electrons. The molecule has 2 rings (SSSR count). The largest absolute Gasteiger partial charge is 0.465 e. The minimum atomic E-state index is -0.295. The fraction of sp³-hybridized carbons (Fsp3) is 0.882. The number of cyclic esters (lactones) is 1. The third kappa shape index (κ3) is 3.78. The highest BCUT2D eigenvalue weighted by molar-refractivity contribution is 5.74. The second-order valence-electron chi connectivity index (χ2n) is 6.57. The third-order valence-corrected chi connectivity index (χ3v) is 5.28. The highest BCUT2D eigenvalue weighted by Gasteiger charge is 2.45. The maximum atomic E-state index is 12.1. The smallest absolute Gasteiger partial charge is 0.312 e. The van der Waals surface area contributed by atoms with Crippen LogP contribution < -0.4 is 0 Å². The van der Waals surface area contributed by atoms with Gasteiger partial charge in [-0.05, 0) is 43.4 Å². The van der Waals surface area contributed by atoms with Crippen molar-refractivity contribution in [1.29, 1.82) is 0 Å². The Morgan fingerprint density at radius 2 is 2.10 bits per heavy atom. The Balaban J connectivity index is 2.18. The lowest BCUT2D eigenvalue weighted by molar-refractivity contribution is -0.170. The third-order valence-electron chi connectivity index (χ3n) is 5.28. The van der Waals surface area contributed by atoms with Crippen molar-refractivity contribution >= 4 is 11.9 Å². The van der Waals surface area contributed by atoms with Gasteiger partial charge in [0, 0.05) is 6.92 Å². The van der Waals surface area contributed by atoms with Crippen molar-refractivity contribution in [3.63, 3.8) is 0 Å². The Hall–Kier alpha value is -1.06. The minimum Gasteiger partial charge on any atom is -0.465 e. The van der Waals surface area contributed by atoms with E-state index < -0.39 is 0 Å². The first-order chi connectivity index (χ1) is 10.1. The van der Waals surface area contributed by atoms with E-state index in [1.54, 1.807) is 0 Å². The van der Waals surface area contributed by atoms with E-state index in [0.717, 1.165) is 32.1 Å². The maximum Gasteiger partial charge on any atom is 0.312 e. The van der Waals surface area contributed by atoms with Crippen LogP contribution in [-0.4, -0.2) is 24.6 Å². The minimum absolute atomic E-state index is 0.178. The highest BCUT2D eigenvalue weighted by Crippen LogP contribution is 2.45. The summed E-state index contributed by atoms with van der Waals surface area (Å²) >= 11 is 0. The molecule has 1 aliphatic heterocycles. The Labute approximate surface area is 127 Å². The van der Waals surface area contributed by atoms with Gasteiger partial charge < -0.3 is 9.47 Å². The fourth-order valence-corrected chi connectivity index (χ4v) is 4.14. The van der Waals surface area contributed by atoms with Crippen molar-refractivity contribution in [1.82, 2.24) is 0 Å². The molecule has 0 bridgehead atoms. The molecule has 4 nitrogen and oxygen atoms in total. The van der Waals surface area contributed by atoms with Crippen molar-refractivity contribution in [2.24, 2.45) is 23.7 Å². The van der Waals surface area contributed by atoms with Crippen LogP contribution in [0.3, 0.4) is 0 Å². The topological polar surface area (TPSA) is 52.6 Å². The molecule has 0 N–H and O–H groups in total. The molecule has 4 heteroatoms. The van der Waals surface area contributed by atoms with Crippen LogP contribution in [0.4, 0.5) is 0 Å². The Bertz CT molecular complexity index is 379. The summed E-state index contributed by atoms with van der Waals surface area (Å²) in [6, 6.07) is 0. The molecule has 21 heavy (non-hydrogen) atoms. The molecule has 5 unspecified atom stereocenters. The van der Waals surface area contributed by atoms with Crippen LogP contribution in [0.1, 0.15) is 59.3 Å². The van der Waals surface area contributed by atoms with E-state index in [1.807, 2.05) is 0 Å². The van der Waals surface area contributed by atoms with E-state index in [-0.39, 0.29) is 24.0 Å². The lowest BCUT2D eigenvalue weighted by Crippen LogP contribution is -2.42. The number of hydrogen-bond acceptors (Lipinski definition) is 4. The molecule has 1 saturated carbocycles. The van der Waals surface area contributed by atoms with Gasteiger partial charge in [0.25, 0.3) is 0 Å². The van der Waals surface area contributed by atoms with E-state index in [9.17, 15) is 9.59 Å². The molecular formula is C17H28O4. The van der Waals surface area contributed by atoms with Gasteiger partial charge in [-0.1, -0.05) is 26.7 Å². The zero-order valence-corrected chi connectivity index (χ0v) is 13.5. The van der Waals surface area contributed by atoms with Crippen molar-refractivity contribution in [3.05, 3.63) is 0 Å². The molecule has 1 aliphatic carbocycles. The highest BCUT2D eigenvalue weighted by atomic mass is 16.6. The second kappa shape index (κ2) is 7.28. The van der Waals surface area contributed by atoms with E-state index in [4.69, 9.17) is 9.47 Å². The molecule has 2 aliphatic rings. The zero-order valence-electron chi connectivity index (χ0n) is 13.5. The maximum absolute atomic E-state index is 12.1. The normalized spacial score (nSPS) is 34.3. The van der Waals surface area contributed by atoms with Gasteiger partial charge in [0.2, 0.25) is 0 Å². The van der Waals surface area contributed by atoms with Crippen LogP contribution in [0.15, 0.2) is 0 Å². The molecule has 0 aromatic heterocycles. The summed E-state index contributed by atoms with van der Waals surface area (Å²) in [5.41, 5.74) is 0. The first-order valence-corrected chi connectivity index (χ1v) is 8.40. The molecule has 0 aromatic carbocycles. The summed E-state index contributed by atoms with van der Waals surface area (Å²) in [6.07, 6.45) is 5.86. The lowest BCUT2D eigenvalue weighted by Gasteiger charge is -2.34. The Morgan fingerprint density at radius 1 is 1.33 bits per heavy atom. The molecule has 1 heterocycles. The molecule has 0 radical (unpaired) electrons. The molecule has 5 atom stereocenters. The van der Waals surface area contributed by atoms with Crippen molar-refractivity contribution in [3.8, 4) is 0 Å². The van der Waals surface area contributed by atoms with Gasteiger partial charge in [0.15, 0.2) is 0 Å². The Morgan fingerprint density at radius 3 is 2.67 bits per heavy atom. The summed E-state index contributed by atoms with van der Waals surface area (Å²) in [5, 5.41) is 0. The first-order valence-electron chi connectivity index (χ1n) is 8.40. The van der Waals surface area contributed by atoms with Crippen molar-refractivity contribution in [2.45, 2.75) is 65.4 Å². The SMILES string of the molecule is CCC1CC(CC)C(C(OC(C)=O)C2CCCOC2=O)C1. The molecule has 0 amide bonds. The van der Waals surface area contributed by atoms with Crippen LogP contribution >= 0.6 is 0 Å². The van der Waals surface area contributed by atoms with Crippen LogP contribution in [0.2, 0.25) is 0 Å². The van der Waals surface area contributed by atoms with Gasteiger partial charge in [-0.3, -0.25) is 9.59 Å². The molecule has 0 aromatic rings. The number of esters is 2. The van der Waals surface area contributed by atoms with Gasteiger partial charge in [0.1, 0.15) is 6.10 Å². The second-order valence-corrected chi connectivity index (χ2v) is 6.57. The number of carbonyl (C=O) groups excluding carboxylic acids is 2. The summed E-state index contributed by atoms with van der Waals surface area (Å²) in [4.78, 5) is 23.6. The summed E-state index contributed by atoms with van der Waals surface area (Å²) in [5.74, 6) is 0.818. The predicted octanol–water partition coefficient (Wildman–Crippen LogP) is 3.33. The van der Waals surface area contributed by atoms with Crippen LogP contribution in [-0.2, 0) is 19.1 Å². The molecular weight excluding hydrogens is 268 g/mol. The first kappa shape index (κ1) is 16.3. The lowest BCUT2D eigenvalue weighted by atomic mass is 9.80. The Kier molecular flexibility index (Phi) is 5.65.